The first-order chi connectivity index (χ1) is 8.08. The van der Waals surface area contributed by atoms with Gasteiger partial charge in [-0.15, -0.1) is 0 Å². The quantitative estimate of drug-likeness (QED) is 0.765. The van der Waals surface area contributed by atoms with Crippen LogP contribution >= 0.6 is 47.8 Å². The molecule has 2 aromatic rings. The van der Waals surface area contributed by atoms with Gasteiger partial charge in [0.25, 0.3) is 0 Å². The molecule has 1 aromatic carbocycles. The van der Waals surface area contributed by atoms with E-state index in [0.717, 1.165) is 14.6 Å². The zero-order valence-corrected chi connectivity index (χ0v) is 13.2. The molecule has 0 unspecified atom stereocenters. The maximum absolute atomic E-state index is 5.68. The summed E-state index contributed by atoms with van der Waals surface area (Å²) in [5.74, 6) is 1.02. The monoisotopic (exact) mass is 420 g/mol. The van der Waals surface area contributed by atoms with E-state index in [2.05, 4.69) is 63.1 Å². The van der Waals surface area contributed by atoms with Gasteiger partial charge in [-0.1, -0.05) is 15.9 Å². The van der Waals surface area contributed by atoms with E-state index in [0.29, 0.717) is 16.1 Å². The summed E-state index contributed by atoms with van der Waals surface area (Å²) < 4.78 is 2.55. The fraction of sp³-hybridized carbons (Fsp3) is 0. The molecule has 3 N–H and O–H groups in total. The van der Waals surface area contributed by atoms with Crippen LogP contribution in [0.3, 0.4) is 0 Å². The molecule has 0 amide bonds. The van der Waals surface area contributed by atoms with Gasteiger partial charge in [-0.2, -0.15) is 0 Å². The van der Waals surface area contributed by atoms with Gasteiger partial charge in [0.05, 0.1) is 5.69 Å². The van der Waals surface area contributed by atoms with Gasteiger partial charge in [-0.25, -0.2) is 9.97 Å². The Morgan fingerprint density at radius 2 is 1.88 bits per heavy atom. The fourth-order valence-electron chi connectivity index (χ4n) is 1.19. The Bertz CT molecular complexity index is 559. The first kappa shape index (κ1) is 12.8. The summed E-state index contributed by atoms with van der Waals surface area (Å²) in [5.41, 5.74) is 6.57. The number of rotatable bonds is 2. The molecule has 4 nitrogen and oxygen atoms in total. The molecule has 7 heteroatoms. The lowest BCUT2D eigenvalue weighted by molar-refractivity contribution is 1.16. The number of aromatic nitrogens is 2. The average Bonchev–Trinajstić information content (AvgIpc) is 2.30. The predicted octanol–water partition coefficient (Wildman–Crippen LogP) is 4.09. The van der Waals surface area contributed by atoms with E-state index < -0.39 is 0 Å². The Hall–Kier alpha value is -0.660. The third kappa shape index (κ3) is 2.97. The number of halogens is 3. The standard InChI is InChI=1S/C10H7Br3N4/c11-5-1-2-6(12)7(3-5)17-10-8(13)9(14)15-4-16-10/h1-4H,(H3,14,15,16,17). The molecule has 1 aromatic heterocycles. The lowest BCUT2D eigenvalue weighted by atomic mass is 10.3. The maximum Gasteiger partial charge on any atom is 0.150 e. The Morgan fingerprint density at radius 1 is 1.12 bits per heavy atom. The van der Waals surface area contributed by atoms with Crippen molar-refractivity contribution < 1.29 is 0 Å². The Kier molecular flexibility index (Phi) is 4.01. The Labute approximate surface area is 123 Å². The summed E-state index contributed by atoms with van der Waals surface area (Å²) >= 11 is 10.2. The number of benzene rings is 1. The second kappa shape index (κ2) is 5.32. The van der Waals surface area contributed by atoms with Gasteiger partial charge in [0.2, 0.25) is 0 Å². The molecule has 17 heavy (non-hydrogen) atoms. The highest BCUT2D eigenvalue weighted by Crippen LogP contribution is 2.32. The van der Waals surface area contributed by atoms with Crippen LogP contribution in [0, 0.1) is 0 Å². The van der Waals surface area contributed by atoms with Crippen molar-refractivity contribution in [1.29, 1.82) is 0 Å². The summed E-state index contributed by atoms with van der Waals surface area (Å²) in [6.07, 6.45) is 1.41. The van der Waals surface area contributed by atoms with Crippen LogP contribution in [0.5, 0.6) is 0 Å². The van der Waals surface area contributed by atoms with Crippen molar-refractivity contribution in [2.45, 2.75) is 0 Å². The van der Waals surface area contributed by atoms with E-state index in [1.165, 1.54) is 6.33 Å². The van der Waals surface area contributed by atoms with Crippen LogP contribution in [0.2, 0.25) is 0 Å². The SMILES string of the molecule is Nc1ncnc(Nc2cc(Br)ccc2Br)c1Br. The van der Waals surface area contributed by atoms with E-state index >= 15 is 0 Å². The second-order valence-electron chi connectivity index (χ2n) is 3.17. The van der Waals surface area contributed by atoms with Gasteiger partial charge in [0.1, 0.15) is 22.4 Å². The molecule has 2 rings (SSSR count). The largest absolute Gasteiger partial charge is 0.383 e. The van der Waals surface area contributed by atoms with Crippen LogP contribution in [0.25, 0.3) is 0 Å². The van der Waals surface area contributed by atoms with Crippen molar-refractivity contribution in [2.24, 2.45) is 0 Å². The van der Waals surface area contributed by atoms with Crippen LogP contribution in [0.15, 0.2) is 37.9 Å². The van der Waals surface area contributed by atoms with E-state index in [1.54, 1.807) is 0 Å². The lowest BCUT2D eigenvalue weighted by Crippen LogP contribution is -2.00. The van der Waals surface area contributed by atoms with Crippen molar-refractivity contribution >= 4 is 65.1 Å². The molecule has 0 spiro atoms. The van der Waals surface area contributed by atoms with E-state index in [4.69, 9.17) is 5.73 Å². The van der Waals surface area contributed by atoms with Gasteiger partial charge in [-0.05, 0) is 50.1 Å². The van der Waals surface area contributed by atoms with Crippen molar-refractivity contribution in [3.05, 3.63) is 37.9 Å². The second-order valence-corrected chi connectivity index (χ2v) is 5.73. The van der Waals surface area contributed by atoms with Crippen LogP contribution < -0.4 is 11.1 Å². The number of nitrogens with two attached hydrogens (primary N) is 1. The minimum atomic E-state index is 0.397. The zero-order chi connectivity index (χ0) is 12.4. The van der Waals surface area contributed by atoms with Gasteiger partial charge in [-0.3, -0.25) is 0 Å². The van der Waals surface area contributed by atoms with Gasteiger partial charge in [0.15, 0.2) is 0 Å². The fourth-order valence-corrected chi connectivity index (χ4v) is 2.20. The third-order valence-corrected chi connectivity index (χ3v) is 3.96. The highest BCUT2D eigenvalue weighted by molar-refractivity contribution is 9.11. The lowest BCUT2D eigenvalue weighted by Gasteiger charge is -2.10. The van der Waals surface area contributed by atoms with Crippen molar-refractivity contribution in [2.75, 3.05) is 11.1 Å². The normalized spacial score (nSPS) is 10.3. The summed E-state index contributed by atoms with van der Waals surface area (Å²) in [4.78, 5) is 8.00. The highest BCUT2D eigenvalue weighted by atomic mass is 79.9. The molecule has 0 aliphatic carbocycles. The molecule has 0 saturated heterocycles. The van der Waals surface area contributed by atoms with Crippen molar-refractivity contribution in [1.82, 2.24) is 9.97 Å². The third-order valence-electron chi connectivity index (χ3n) is 2.00. The number of hydrogen-bond donors (Lipinski definition) is 2. The maximum atomic E-state index is 5.68. The average molecular weight is 423 g/mol. The molecular weight excluding hydrogens is 416 g/mol. The minimum absolute atomic E-state index is 0.397. The minimum Gasteiger partial charge on any atom is -0.383 e. The molecule has 1 heterocycles. The Morgan fingerprint density at radius 3 is 2.65 bits per heavy atom. The van der Waals surface area contributed by atoms with Gasteiger partial charge >= 0.3 is 0 Å². The molecule has 0 fully saturated rings. The van der Waals surface area contributed by atoms with E-state index in [1.807, 2.05) is 18.2 Å². The van der Waals surface area contributed by atoms with Crippen LogP contribution in [0.4, 0.5) is 17.3 Å². The molecule has 0 radical (unpaired) electrons. The first-order valence-corrected chi connectivity index (χ1v) is 6.94. The summed E-state index contributed by atoms with van der Waals surface area (Å²) in [5, 5.41) is 3.17. The van der Waals surface area contributed by atoms with Crippen molar-refractivity contribution in [3.63, 3.8) is 0 Å². The number of nitrogens with zero attached hydrogens (tertiary/aromatic N) is 2. The highest BCUT2D eigenvalue weighted by Gasteiger charge is 2.08. The molecule has 0 aliphatic rings. The topological polar surface area (TPSA) is 63.8 Å². The zero-order valence-electron chi connectivity index (χ0n) is 8.42. The molecule has 0 aliphatic heterocycles. The van der Waals surface area contributed by atoms with Crippen LogP contribution in [-0.4, -0.2) is 9.97 Å². The number of nitrogen functional groups attached to an aromatic ring is 1. The number of nitrogens with one attached hydrogen (secondary N) is 1. The molecular formula is C10H7Br3N4. The Balaban J connectivity index is 2.38. The van der Waals surface area contributed by atoms with E-state index in [-0.39, 0.29) is 0 Å². The molecule has 0 atom stereocenters. The van der Waals surface area contributed by atoms with Crippen LogP contribution in [-0.2, 0) is 0 Å². The number of anilines is 3. The summed E-state index contributed by atoms with van der Waals surface area (Å²) in [7, 11) is 0. The summed E-state index contributed by atoms with van der Waals surface area (Å²) in [6.45, 7) is 0. The molecule has 0 bridgehead atoms. The van der Waals surface area contributed by atoms with Gasteiger partial charge < -0.3 is 11.1 Å². The van der Waals surface area contributed by atoms with E-state index in [9.17, 15) is 0 Å². The molecule has 0 saturated carbocycles. The van der Waals surface area contributed by atoms with Crippen molar-refractivity contribution in [3.8, 4) is 0 Å². The number of hydrogen-bond acceptors (Lipinski definition) is 4. The summed E-state index contributed by atoms with van der Waals surface area (Å²) in [6, 6.07) is 5.82. The first-order valence-electron chi connectivity index (χ1n) is 4.56. The smallest absolute Gasteiger partial charge is 0.150 e. The van der Waals surface area contributed by atoms with Gasteiger partial charge in [0, 0.05) is 8.95 Å². The van der Waals surface area contributed by atoms with Crippen LogP contribution in [0.1, 0.15) is 0 Å². The predicted molar refractivity (Wildman–Crippen MR) is 79.3 cm³/mol. The molecule has 88 valence electrons.